The molecular formula is C14H15N3O3S. The van der Waals surface area contributed by atoms with Gasteiger partial charge < -0.3 is 15.1 Å². The van der Waals surface area contributed by atoms with Gasteiger partial charge in [0.15, 0.2) is 0 Å². The quantitative estimate of drug-likeness (QED) is 0.827. The van der Waals surface area contributed by atoms with Crippen molar-refractivity contribution in [2.45, 2.75) is 18.0 Å². The average Bonchev–Trinajstić information content (AvgIpc) is 3.02. The zero-order valence-electron chi connectivity index (χ0n) is 11.6. The number of anilines is 1. The molecular weight excluding hydrogens is 290 g/mol. The maximum Gasteiger partial charge on any atom is 0.255 e. The third-order valence-electron chi connectivity index (χ3n) is 2.74. The van der Waals surface area contributed by atoms with Crippen LogP contribution in [-0.4, -0.2) is 29.1 Å². The van der Waals surface area contributed by atoms with Crippen molar-refractivity contribution in [3.63, 3.8) is 0 Å². The van der Waals surface area contributed by atoms with Crippen LogP contribution in [0.2, 0.25) is 0 Å². The minimum absolute atomic E-state index is 0.314. The number of hydrogen-bond donors (Lipinski definition) is 2. The molecule has 6 nitrogen and oxygen atoms in total. The summed E-state index contributed by atoms with van der Waals surface area (Å²) in [7, 11) is 0. The highest BCUT2D eigenvalue weighted by Gasteiger charge is 2.17. The van der Waals surface area contributed by atoms with Gasteiger partial charge in [0, 0.05) is 0 Å². The SMILES string of the molecule is CSc1ccc(NC(=O)[C@@H](C)NC(=O)c2ccoc2)cn1. The monoisotopic (exact) mass is 305 g/mol. The minimum Gasteiger partial charge on any atom is -0.472 e. The Kier molecular flexibility index (Phi) is 4.99. The van der Waals surface area contributed by atoms with Crippen LogP contribution in [-0.2, 0) is 4.79 Å². The van der Waals surface area contributed by atoms with Gasteiger partial charge in [0.1, 0.15) is 12.3 Å². The predicted molar refractivity (Wildman–Crippen MR) is 80.3 cm³/mol. The molecule has 2 aromatic heterocycles. The van der Waals surface area contributed by atoms with E-state index in [0.29, 0.717) is 11.3 Å². The van der Waals surface area contributed by atoms with Crippen LogP contribution in [0.1, 0.15) is 17.3 Å². The fourth-order valence-corrected chi connectivity index (χ4v) is 1.93. The molecule has 0 bridgehead atoms. The molecule has 0 saturated heterocycles. The maximum atomic E-state index is 12.0. The van der Waals surface area contributed by atoms with Gasteiger partial charge in [-0.05, 0) is 31.4 Å². The molecule has 0 aliphatic carbocycles. The number of carbonyl (C=O) groups excluding carboxylic acids is 2. The zero-order chi connectivity index (χ0) is 15.2. The molecule has 2 heterocycles. The van der Waals surface area contributed by atoms with E-state index < -0.39 is 6.04 Å². The van der Waals surface area contributed by atoms with Gasteiger partial charge >= 0.3 is 0 Å². The van der Waals surface area contributed by atoms with Crippen molar-refractivity contribution in [1.82, 2.24) is 10.3 Å². The highest BCUT2D eigenvalue weighted by atomic mass is 32.2. The summed E-state index contributed by atoms with van der Waals surface area (Å²) < 4.78 is 4.82. The van der Waals surface area contributed by atoms with Gasteiger partial charge in [-0.25, -0.2) is 4.98 Å². The maximum absolute atomic E-state index is 12.0. The molecule has 0 unspecified atom stereocenters. The van der Waals surface area contributed by atoms with Crippen LogP contribution in [0.15, 0.2) is 46.4 Å². The molecule has 110 valence electrons. The van der Waals surface area contributed by atoms with Crippen LogP contribution in [0.3, 0.4) is 0 Å². The van der Waals surface area contributed by atoms with E-state index in [0.717, 1.165) is 5.03 Å². The lowest BCUT2D eigenvalue weighted by Crippen LogP contribution is -2.41. The summed E-state index contributed by atoms with van der Waals surface area (Å²) >= 11 is 1.52. The van der Waals surface area contributed by atoms with Crippen molar-refractivity contribution in [1.29, 1.82) is 0 Å². The number of thioether (sulfide) groups is 1. The molecule has 2 rings (SSSR count). The van der Waals surface area contributed by atoms with Gasteiger partial charge in [0.05, 0.1) is 28.7 Å². The topological polar surface area (TPSA) is 84.2 Å². The first-order valence-corrected chi connectivity index (χ1v) is 7.46. The summed E-state index contributed by atoms with van der Waals surface area (Å²) in [6.07, 6.45) is 6.23. The number of nitrogens with zero attached hydrogens (tertiary/aromatic N) is 1. The molecule has 0 aliphatic heterocycles. The van der Waals surface area contributed by atoms with E-state index in [9.17, 15) is 9.59 Å². The van der Waals surface area contributed by atoms with Crippen molar-refractivity contribution in [3.8, 4) is 0 Å². The molecule has 0 radical (unpaired) electrons. The fraction of sp³-hybridized carbons (Fsp3) is 0.214. The fourth-order valence-electron chi connectivity index (χ4n) is 1.56. The van der Waals surface area contributed by atoms with Gasteiger partial charge in [-0.2, -0.15) is 0 Å². The molecule has 0 aromatic carbocycles. The standard InChI is InChI=1S/C14H15N3O3S/c1-9(16-14(19)10-5-6-20-8-10)13(18)17-11-3-4-12(21-2)15-7-11/h3-9H,1-2H3,(H,16,19)(H,17,18)/t9-/m1/s1. The molecule has 2 amide bonds. The Balaban J connectivity index is 1.91. The summed E-state index contributed by atoms with van der Waals surface area (Å²) in [6.45, 7) is 1.61. The second kappa shape index (κ2) is 6.94. The third-order valence-corrected chi connectivity index (χ3v) is 3.40. The summed E-state index contributed by atoms with van der Waals surface area (Å²) in [5.41, 5.74) is 0.961. The molecule has 0 fully saturated rings. The van der Waals surface area contributed by atoms with Gasteiger partial charge in [-0.1, -0.05) is 0 Å². The highest BCUT2D eigenvalue weighted by Crippen LogP contribution is 2.14. The van der Waals surface area contributed by atoms with Crippen molar-refractivity contribution in [2.75, 3.05) is 11.6 Å². The summed E-state index contributed by atoms with van der Waals surface area (Å²) in [4.78, 5) is 27.9. The first kappa shape index (κ1) is 15.1. The summed E-state index contributed by atoms with van der Waals surface area (Å²) in [5, 5.41) is 6.15. The van der Waals surface area contributed by atoms with Crippen LogP contribution in [0.5, 0.6) is 0 Å². The van der Waals surface area contributed by atoms with E-state index in [1.54, 1.807) is 19.2 Å². The third kappa shape index (κ3) is 4.09. The summed E-state index contributed by atoms with van der Waals surface area (Å²) in [6, 6.07) is 4.44. The van der Waals surface area contributed by atoms with E-state index in [2.05, 4.69) is 15.6 Å². The zero-order valence-corrected chi connectivity index (χ0v) is 12.4. The predicted octanol–water partition coefficient (Wildman–Crippen LogP) is 2.15. The van der Waals surface area contributed by atoms with Crippen LogP contribution < -0.4 is 10.6 Å². The minimum atomic E-state index is -0.673. The Hall–Kier alpha value is -2.28. The number of nitrogens with one attached hydrogen (secondary N) is 2. The second-order valence-corrected chi connectivity index (χ2v) is 5.11. The Labute approximate surface area is 126 Å². The van der Waals surface area contributed by atoms with E-state index in [-0.39, 0.29) is 11.8 Å². The molecule has 2 aromatic rings. The molecule has 1 atom stereocenters. The number of aromatic nitrogens is 1. The lowest BCUT2D eigenvalue weighted by Gasteiger charge is -2.13. The van der Waals surface area contributed by atoms with E-state index in [1.807, 2.05) is 12.3 Å². The molecule has 0 aliphatic rings. The van der Waals surface area contributed by atoms with E-state index >= 15 is 0 Å². The number of carbonyl (C=O) groups is 2. The van der Waals surface area contributed by atoms with E-state index in [4.69, 9.17) is 4.42 Å². The van der Waals surface area contributed by atoms with Crippen LogP contribution in [0, 0.1) is 0 Å². The molecule has 0 spiro atoms. The first-order valence-electron chi connectivity index (χ1n) is 6.24. The Bertz CT molecular complexity index is 611. The Morgan fingerprint density at radius 2 is 2.14 bits per heavy atom. The lowest BCUT2D eigenvalue weighted by atomic mass is 10.2. The van der Waals surface area contributed by atoms with Crippen LogP contribution in [0.25, 0.3) is 0 Å². The van der Waals surface area contributed by atoms with Crippen molar-refractivity contribution in [2.24, 2.45) is 0 Å². The second-order valence-electron chi connectivity index (χ2n) is 4.29. The van der Waals surface area contributed by atoms with Crippen LogP contribution in [0.4, 0.5) is 5.69 Å². The average molecular weight is 305 g/mol. The van der Waals surface area contributed by atoms with E-state index in [1.165, 1.54) is 30.4 Å². The van der Waals surface area contributed by atoms with Crippen LogP contribution >= 0.6 is 11.8 Å². The van der Waals surface area contributed by atoms with Gasteiger partial charge in [0.2, 0.25) is 5.91 Å². The molecule has 0 saturated carbocycles. The number of rotatable bonds is 5. The smallest absolute Gasteiger partial charge is 0.255 e. The van der Waals surface area contributed by atoms with Gasteiger partial charge in [0.25, 0.3) is 5.91 Å². The largest absolute Gasteiger partial charge is 0.472 e. The lowest BCUT2D eigenvalue weighted by molar-refractivity contribution is -0.117. The van der Waals surface area contributed by atoms with Crippen molar-refractivity contribution in [3.05, 3.63) is 42.5 Å². The summed E-state index contributed by atoms with van der Waals surface area (Å²) in [5.74, 6) is -0.673. The molecule has 2 N–H and O–H groups in total. The highest BCUT2D eigenvalue weighted by molar-refractivity contribution is 7.98. The van der Waals surface area contributed by atoms with Gasteiger partial charge in [-0.15, -0.1) is 11.8 Å². The molecule has 21 heavy (non-hydrogen) atoms. The number of hydrogen-bond acceptors (Lipinski definition) is 5. The Morgan fingerprint density at radius 3 is 2.71 bits per heavy atom. The molecule has 7 heteroatoms. The normalized spacial score (nSPS) is 11.7. The van der Waals surface area contributed by atoms with Crippen molar-refractivity contribution >= 4 is 29.3 Å². The number of amides is 2. The number of pyridine rings is 1. The number of furan rings is 1. The van der Waals surface area contributed by atoms with Crippen molar-refractivity contribution < 1.29 is 14.0 Å². The van der Waals surface area contributed by atoms with Gasteiger partial charge in [-0.3, -0.25) is 9.59 Å². The first-order chi connectivity index (χ1) is 10.1. The Morgan fingerprint density at radius 1 is 1.33 bits per heavy atom.